The summed E-state index contributed by atoms with van der Waals surface area (Å²) in [6, 6.07) is 8.86. The second-order valence-corrected chi connectivity index (χ2v) is 4.63. The molecule has 0 bridgehead atoms. The lowest BCUT2D eigenvalue weighted by atomic mass is 10.0. The fourth-order valence-corrected chi connectivity index (χ4v) is 2.17. The molecule has 0 aromatic heterocycles. The molecule has 2 rings (SSSR count). The molecule has 0 N–H and O–H groups in total. The van der Waals surface area contributed by atoms with Crippen molar-refractivity contribution < 1.29 is 13.9 Å². The molecule has 98 valence electrons. The molecule has 2 aromatic carbocycles. The van der Waals surface area contributed by atoms with Crippen molar-refractivity contribution in [1.82, 2.24) is 0 Å². The summed E-state index contributed by atoms with van der Waals surface area (Å²) in [7, 11) is 1.44. The number of ether oxygens (including phenoxy) is 1. The van der Waals surface area contributed by atoms with Gasteiger partial charge in [0.05, 0.1) is 12.7 Å². The Balaban J connectivity index is 2.52. The van der Waals surface area contributed by atoms with Gasteiger partial charge in [0.25, 0.3) is 0 Å². The first-order valence-corrected chi connectivity index (χ1v) is 6.04. The summed E-state index contributed by atoms with van der Waals surface area (Å²) < 4.78 is 18.4. The molecule has 0 fully saturated rings. The molecule has 0 unspecified atom stereocenters. The molecule has 0 amide bonds. The summed E-state index contributed by atoms with van der Waals surface area (Å²) in [4.78, 5) is 12.4. The smallest absolute Gasteiger partial charge is 0.196 e. The van der Waals surface area contributed by atoms with Crippen LogP contribution in [0.15, 0.2) is 36.4 Å². The third kappa shape index (κ3) is 2.93. The maximum atomic E-state index is 13.3. The molecule has 0 saturated heterocycles. The first-order valence-electron chi connectivity index (χ1n) is 5.66. The van der Waals surface area contributed by atoms with Crippen LogP contribution in [-0.2, 0) is 0 Å². The maximum absolute atomic E-state index is 13.3. The SMILES string of the molecule is COc1ccc(F)cc1C(=O)c1cc(C)cc(Cl)c1. The van der Waals surface area contributed by atoms with E-state index < -0.39 is 5.82 Å². The molecule has 0 aliphatic heterocycles. The van der Waals surface area contributed by atoms with Crippen LogP contribution in [-0.4, -0.2) is 12.9 Å². The van der Waals surface area contributed by atoms with E-state index in [-0.39, 0.29) is 11.3 Å². The van der Waals surface area contributed by atoms with Crippen LogP contribution in [0.5, 0.6) is 5.75 Å². The number of hydrogen-bond donors (Lipinski definition) is 0. The second-order valence-electron chi connectivity index (χ2n) is 4.19. The van der Waals surface area contributed by atoms with Gasteiger partial charge in [0, 0.05) is 10.6 Å². The first-order chi connectivity index (χ1) is 9.01. The quantitative estimate of drug-likeness (QED) is 0.793. The number of hydrogen-bond acceptors (Lipinski definition) is 2. The van der Waals surface area contributed by atoms with E-state index in [9.17, 15) is 9.18 Å². The summed E-state index contributed by atoms with van der Waals surface area (Å²) in [5.74, 6) is -0.464. The highest BCUT2D eigenvalue weighted by atomic mass is 35.5. The summed E-state index contributed by atoms with van der Waals surface area (Å²) in [6.07, 6.45) is 0. The highest BCUT2D eigenvalue weighted by Crippen LogP contribution is 2.24. The predicted octanol–water partition coefficient (Wildman–Crippen LogP) is 4.03. The molecule has 0 radical (unpaired) electrons. The fraction of sp³-hybridized carbons (Fsp3) is 0.133. The zero-order chi connectivity index (χ0) is 14.0. The van der Waals surface area contributed by atoms with E-state index in [1.807, 2.05) is 6.92 Å². The first kappa shape index (κ1) is 13.6. The van der Waals surface area contributed by atoms with Crippen LogP contribution in [0.3, 0.4) is 0 Å². The molecule has 4 heteroatoms. The van der Waals surface area contributed by atoms with Crippen LogP contribution >= 0.6 is 11.6 Å². The van der Waals surface area contributed by atoms with Crippen LogP contribution in [0, 0.1) is 12.7 Å². The maximum Gasteiger partial charge on any atom is 0.196 e. The molecular formula is C15H12ClFO2. The molecule has 2 nitrogen and oxygen atoms in total. The van der Waals surface area contributed by atoms with E-state index in [0.717, 1.165) is 11.6 Å². The second kappa shape index (κ2) is 5.41. The molecular weight excluding hydrogens is 267 g/mol. The third-order valence-corrected chi connectivity index (χ3v) is 2.93. The number of aryl methyl sites for hydroxylation is 1. The van der Waals surface area contributed by atoms with Crippen molar-refractivity contribution >= 4 is 17.4 Å². The zero-order valence-electron chi connectivity index (χ0n) is 10.5. The summed E-state index contributed by atoms with van der Waals surface area (Å²) in [5.41, 5.74) is 1.46. The number of benzene rings is 2. The molecule has 0 aliphatic rings. The van der Waals surface area contributed by atoms with Crippen LogP contribution in [0.25, 0.3) is 0 Å². The van der Waals surface area contributed by atoms with Crippen LogP contribution in [0.1, 0.15) is 21.5 Å². The Morgan fingerprint density at radius 3 is 2.58 bits per heavy atom. The number of carbonyl (C=O) groups is 1. The van der Waals surface area contributed by atoms with Crippen LogP contribution in [0.2, 0.25) is 5.02 Å². The zero-order valence-corrected chi connectivity index (χ0v) is 11.3. The van der Waals surface area contributed by atoms with Gasteiger partial charge in [-0.3, -0.25) is 4.79 Å². The average molecular weight is 279 g/mol. The highest BCUT2D eigenvalue weighted by Gasteiger charge is 2.16. The van der Waals surface area contributed by atoms with Gasteiger partial charge >= 0.3 is 0 Å². The largest absolute Gasteiger partial charge is 0.496 e. The Hall–Kier alpha value is -1.87. The third-order valence-electron chi connectivity index (χ3n) is 2.71. The van der Waals surface area contributed by atoms with E-state index in [1.54, 1.807) is 18.2 Å². The molecule has 0 heterocycles. The van der Waals surface area contributed by atoms with Crippen molar-refractivity contribution in [1.29, 1.82) is 0 Å². The van der Waals surface area contributed by atoms with Crippen molar-refractivity contribution in [3.8, 4) is 5.75 Å². The number of halogens is 2. The van der Waals surface area contributed by atoms with Gasteiger partial charge in [0.2, 0.25) is 0 Å². The van der Waals surface area contributed by atoms with Gasteiger partial charge in [0.1, 0.15) is 11.6 Å². The van der Waals surface area contributed by atoms with Gasteiger partial charge in [-0.05, 0) is 48.9 Å². The summed E-state index contributed by atoms with van der Waals surface area (Å²) in [6.45, 7) is 1.84. The Morgan fingerprint density at radius 2 is 1.95 bits per heavy atom. The molecule has 19 heavy (non-hydrogen) atoms. The molecule has 0 saturated carbocycles. The Bertz CT molecular complexity index is 618. The minimum atomic E-state index is -0.483. The van der Waals surface area contributed by atoms with Gasteiger partial charge in [0.15, 0.2) is 5.78 Å². The van der Waals surface area contributed by atoms with Crippen molar-refractivity contribution in [2.24, 2.45) is 0 Å². The van der Waals surface area contributed by atoms with Gasteiger partial charge in [-0.1, -0.05) is 11.6 Å². The van der Waals surface area contributed by atoms with Crippen molar-refractivity contribution in [2.45, 2.75) is 6.92 Å². The van der Waals surface area contributed by atoms with Crippen LogP contribution < -0.4 is 4.74 Å². The van der Waals surface area contributed by atoms with Crippen molar-refractivity contribution in [2.75, 3.05) is 7.11 Å². The van der Waals surface area contributed by atoms with E-state index in [1.165, 1.54) is 19.2 Å². The Morgan fingerprint density at radius 1 is 1.21 bits per heavy atom. The standard InChI is InChI=1S/C15H12ClFO2/c1-9-5-10(7-11(16)6-9)15(18)13-8-12(17)3-4-14(13)19-2/h3-8H,1-2H3. The lowest BCUT2D eigenvalue weighted by Gasteiger charge is -2.08. The average Bonchev–Trinajstić information content (AvgIpc) is 2.36. The topological polar surface area (TPSA) is 26.3 Å². The van der Waals surface area contributed by atoms with Gasteiger partial charge < -0.3 is 4.74 Å². The summed E-state index contributed by atoms with van der Waals surface area (Å²) in [5, 5.41) is 0.471. The number of rotatable bonds is 3. The molecule has 0 atom stereocenters. The lowest BCUT2D eigenvalue weighted by molar-refractivity contribution is 0.103. The van der Waals surface area contributed by atoms with Gasteiger partial charge in [-0.2, -0.15) is 0 Å². The highest BCUT2D eigenvalue weighted by molar-refractivity contribution is 6.31. The van der Waals surface area contributed by atoms with E-state index in [2.05, 4.69) is 0 Å². The Labute approximate surface area is 115 Å². The summed E-state index contributed by atoms with van der Waals surface area (Å²) >= 11 is 5.93. The number of methoxy groups -OCH3 is 1. The Kier molecular flexibility index (Phi) is 3.86. The van der Waals surface area contributed by atoms with Gasteiger partial charge in [-0.15, -0.1) is 0 Å². The molecule has 2 aromatic rings. The lowest BCUT2D eigenvalue weighted by Crippen LogP contribution is -2.05. The predicted molar refractivity (Wildman–Crippen MR) is 72.6 cm³/mol. The monoisotopic (exact) mass is 278 g/mol. The minimum Gasteiger partial charge on any atom is -0.496 e. The number of ketones is 1. The van der Waals surface area contributed by atoms with E-state index in [0.29, 0.717) is 16.3 Å². The normalized spacial score (nSPS) is 10.3. The molecule has 0 aliphatic carbocycles. The van der Waals surface area contributed by atoms with Crippen molar-refractivity contribution in [3.63, 3.8) is 0 Å². The van der Waals surface area contributed by atoms with Gasteiger partial charge in [-0.25, -0.2) is 4.39 Å². The fourth-order valence-electron chi connectivity index (χ4n) is 1.88. The van der Waals surface area contributed by atoms with E-state index in [4.69, 9.17) is 16.3 Å². The number of carbonyl (C=O) groups excluding carboxylic acids is 1. The molecule has 0 spiro atoms. The van der Waals surface area contributed by atoms with E-state index >= 15 is 0 Å². The minimum absolute atomic E-state index is 0.184. The van der Waals surface area contributed by atoms with Crippen LogP contribution in [0.4, 0.5) is 4.39 Å². The van der Waals surface area contributed by atoms with Crippen molar-refractivity contribution in [3.05, 3.63) is 63.9 Å².